The van der Waals surface area contributed by atoms with E-state index in [4.69, 9.17) is 11.6 Å². The molecule has 0 amide bonds. The maximum atomic E-state index is 11.0. The fraction of sp³-hybridized carbons (Fsp3) is 0.417. The number of benzene rings is 1. The molecular formula is C12H15ClN2O4. The Labute approximate surface area is 116 Å². The van der Waals surface area contributed by atoms with E-state index >= 15 is 0 Å². The van der Waals surface area contributed by atoms with Crippen LogP contribution in [0.3, 0.4) is 0 Å². The molecule has 0 heterocycles. The average Bonchev–Trinajstić information content (AvgIpc) is 2.38. The summed E-state index contributed by atoms with van der Waals surface area (Å²) in [6.07, 6.45) is 0.838. The Balaban J connectivity index is 2.73. The first kappa shape index (κ1) is 15.2. The van der Waals surface area contributed by atoms with Crippen molar-refractivity contribution in [1.29, 1.82) is 0 Å². The van der Waals surface area contributed by atoms with Crippen molar-refractivity contribution >= 4 is 28.9 Å². The largest absolute Gasteiger partial charge is 0.469 e. The quantitative estimate of drug-likeness (QED) is 0.457. The van der Waals surface area contributed by atoms with Gasteiger partial charge in [0.1, 0.15) is 5.69 Å². The number of rotatable bonds is 6. The molecule has 1 rings (SSSR count). The van der Waals surface area contributed by atoms with Crippen molar-refractivity contribution < 1.29 is 14.5 Å². The predicted molar refractivity (Wildman–Crippen MR) is 72.6 cm³/mol. The van der Waals surface area contributed by atoms with Gasteiger partial charge in [0.2, 0.25) is 0 Å². The molecule has 0 bridgehead atoms. The Morgan fingerprint density at radius 2 is 2.21 bits per heavy atom. The third-order valence-electron chi connectivity index (χ3n) is 2.65. The molecule has 0 unspecified atom stereocenters. The minimum absolute atomic E-state index is 0.0481. The molecule has 0 N–H and O–H groups in total. The van der Waals surface area contributed by atoms with Crippen LogP contribution in [0.15, 0.2) is 18.2 Å². The normalized spacial score (nSPS) is 10.1. The van der Waals surface area contributed by atoms with E-state index in [1.807, 2.05) is 0 Å². The van der Waals surface area contributed by atoms with Crippen LogP contribution in [0.2, 0.25) is 5.02 Å². The van der Waals surface area contributed by atoms with E-state index < -0.39 is 4.92 Å². The molecule has 0 aliphatic carbocycles. The number of nitro benzene ring substituents is 1. The van der Waals surface area contributed by atoms with Gasteiger partial charge in [0.15, 0.2) is 0 Å². The zero-order chi connectivity index (χ0) is 14.4. The molecule has 0 atom stereocenters. The topological polar surface area (TPSA) is 72.7 Å². The van der Waals surface area contributed by atoms with Crippen LogP contribution in [0, 0.1) is 10.1 Å². The van der Waals surface area contributed by atoms with Crippen LogP contribution in [0.1, 0.15) is 12.8 Å². The molecule has 0 aromatic heterocycles. The number of anilines is 1. The molecule has 7 heteroatoms. The molecule has 0 radical (unpaired) electrons. The fourth-order valence-electron chi connectivity index (χ4n) is 1.65. The minimum Gasteiger partial charge on any atom is -0.469 e. The zero-order valence-electron chi connectivity index (χ0n) is 10.8. The second kappa shape index (κ2) is 6.94. The van der Waals surface area contributed by atoms with Gasteiger partial charge in [-0.15, -0.1) is 0 Å². The van der Waals surface area contributed by atoms with E-state index in [1.165, 1.54) is 13.2 Å². The minimum atomic E-state index is -0.474. The lowest BCUT2D eigenvalue weighted by atomic mass is 10.2. The summed E-state index contributed by atoms with van der Waals surface area (Å²) in [5.41, 5.74) is 0.423. The van der Waals surface area contributed by atoms with E-state index in [0.29, 0.717) is 23.7 Å². The number of methoxy groups -OCH3 is 1. The standard InChI is InChI=1S/C12H15ClN2O4/c1-14(7-3-4-12(16)19-2)10-6-5-9(13)8-11(10)15(17)18/h5-6,8H,3-4,7H2,1-2H3. The van der Waals surface area contributed by atoms with E-state index in [-0.39, 0.29) is 18.1 Å². The van der Waals surface area contributed by atoms with E-state index in [9.17, 15) is 14.9 Å². The smallest absolute Gasteiger partial charge is 0.305 e. The highest BCUT2D eigenvalue weighted by Gasteiger charge is 2.17. The number of hydrogen-bond acceptors (Lipinski definition) is 5. The maximum absolute atomic E-state index is 11.0. The number of nitrogens with zero attached hydrogens (tertiary/aromatic N) is 2. The summed E-state index contributed by atoms with van der Waals surface area (Å²) in [7, 11) is 3.06. The Morgan fingerprint density at radius 1 is 1.53 bits per heavy atom. The van der Waals surface area contributed by atoms with Crippen molar-refractivity contribution in [3.63, 3.8) is 0 Å². The van der Waals surface area contributed by atoms with Crippen LogP contribution in [0.5, 0.6) is 0 Å². The lowest BCUT2D eigenvalue weighted by Crippen LogP contribution is -2.20. The lowest BCUT2D eigenvalue weighted by Gasteiger charge is -2.18. The third kappa shape index (κ3) is 4.40. The first-order chi connectivity index (χ1) is 8.95. The second-order valence-electron chi connectivity index (χ2n) is 3.99. The predicted octanol–water partition coefficient (Wildman–Crippen LogP) is 2.64. The van der Waals surface area contributed by atoms with Gasteiger partial charge in [-0.05, 0) is 18.6 Å². The van der Waals surface area contributed by atoms with E-state index in [0.717, 1.165) is 0 Å². The number of esters is 1. The molecule has 1 aromatic carbocycles. The monoisotopic (exact) mass is 286 g/mol. The van der Waals surface area contributed by atoms with Gasteiger partial charge in [-0.2, -0.15) is 0 Å². The highest BCUT2D eigenvalue weighted by molar-refractivity contribution is 6.30. The summed E-state index contributed by atoms with van der Waals surface area (Å²) < 4.78 is 4.53. The van der Waals surface area contributed by atoms with Crippen LogP contribution in [-0.2, 0) is 9.53 Å². The Morgan fingerprint density at radius 3 is 2.79 bits per heavy atom. The molecule has 0 aliphatic heterocycles. The van der Waals surface area contributed by atoms with Gasteiger partial charge in [-0.1, -0.05) is 11.6 Å². The molecule has 0 fully saturated rings. The lowest BCUT2D eigenvalue weighted by molar-refractivity contribution is -0.384. The molecule has 0 saturated carbocycles. The molecule has 104 valence electrons. The molecule has 0 spiro atoms. The molecule has 1 aromatic rings. The van der Waals surface area contributed by atoms with Crippen LogP contribution >= 0.6 is 11.6 Å². The van der Waals surface area contributed by atoms with Gasteiger partial charge in [-0.3, -0.25) is 14.9 Å². The number of nitro groups is 1. The maximum Gasteiger partial charge on any atom is 0.305 e. The summed E-state index contributed by atoms with van der Waals surface area (Å²) in [6, 6.07) is 4.51. The fourth-order valence-corrected chi connectivity index (χ4v) is 1.82. The zero-order valence-corrected chi connectivity index (χ0v) is 11.5. The van der Waals surface area contributed by atoms with Gasteiger partial charge in [0.05, 0.1) is 12.0 Å². The van der Waals surface area contributed by atoms with Gasteiger partial charge < -0.3 is 9.64 Å². The first-order valence-corrected chi connectivity index (χ1v) is 6.05. The van der Waals surface area contributed by atoms with Crippen molar-refractivity contribution in [3.8, 4) is 0 Å². The summed E-state index contributed by atoms with van der Waals surface area (Å²) >= 11 is 5.75. The number of carbonyl (C=O) groups excluding carboxylic acids is 1. The molecule has 19 heavy (non-hydrogen) atoms. The van der Waals surface area contributed by atoms with Crippen molar-refractivity contribution in [3.05, 3.63) is 33.3 Å². The van der Waals surface area contributed by atoms with Gasteiger partial charge in [-0.25, -0.2) is 0 Å². The number of halogens is 1. The number of hydrogen-bond donors (Lipinski definition) is 0. The van der Waals surface area contributed by atoms with Gasteiger partial charge in [0, 0.05) is 31.1 Å². The number of ether oxygens (including phenoxy) is 1. The molecular weight excluding hydrogens is 272 g/mol. The molecule has 0 saturated heterocycles. The van der Waals surface area contributed by atoms with Crippen LogP contribution in [-0.4, -0.2) is 31.6 Å². The van der Waals surface area contributed by atoms with Crippen LogP contribution < -0.4 is 4.90 Å². The summed E-state index contributed by atoms with van der Waals surface area (Å²) in [5, 5.41) is 11.3. The number of carbonyl (C=O) groups is 1. The van der Waals surface area contributed by atoms with Crippen LogP contribution in [0.4, 0.5) is 11.4 Å². The molecule has 0 aliphatic rings. The summed E-state index contributed by atoms with van der Waals surface area (Å²) in [6.45, 7) is 0.511. The highest BCUT2D eigenvalue weighted by Crippen LogP contribution is 2.30. The van der Waals surface area contributed by atoms with Gasteiger partial charge >= 0.3 is 5.97 Å². The highest BCUT2D eigenvalue weighted by atomic mass is 35.5. The van der Waals surface area contributed by atoms with Crippen molar-refractivity contribution in [1.82, 2.24) is 0 Å². The van der Waals surface area contributed by atoms with E-state index in [2.05, 4.69) is 4.74 Å². The van der Waals surface area contributed by atoms with Crippen molar-refractivity contribution in [2.75, 3.05) is 25.6 Å². The van der Waals surface area contributed by atoms with Crippen molar-refractivity contribution in [2.24, 2.45) is 0 Å². The van der Waals surface area contributed by atoms with Crippen molar-refractivity contribution in [2.45, 2.75) is 12.8 Å². The van der Waals surface area contributed by atoms with Gasteiger partial charge in [0.25, 0.3) is 5.69 Å². The summed E-state index contributed by atoms with van der Waals surface area (Å²) in [5.74, 6) is -0.293. The van der Waals surface area contributed by atoms with E-state index in [1.54, 1.807) is 24.1 Å². The van der Waals surface area contributed by atoms with Crippen LogP contribution in [0.25, 0.3) is 0 Å². The summed E-state index contributed by atoms with van der Waals surface area (Å²) in [4.78, 5) is 23.2. The average molecular weight is 287 g/mol. The Bertz CT molecular complexity index is 479. The SMILES string of the molecule is COC(=O)CCCN(C)c1ccc(Cl)cc1[N+](=O)[O-]. The Kier molecular flexibility index (Phi) is 5.57. The Hall–Kier alpha value is -1.82. The molecule has 6 nitrogen and oxygen atoms in total. The second-order valence-corrected chi connectivity index (χ2v) is 4.43. The third-order valence-corrected chi connectivity index (χ3v) is 2.88. The first-order valence-electron chi connectivity index (χ1n) is 5.67.